The van der Waals surface area contributed by atoms with Gasteiger partial charge in [0.1, 0.15) is 18.1 Å². The van der Waals surface area contributed by atoms with Crippen LogP contribution in [0.2, 0.25) is 0 Å². The van der Waals surface area contributed by atoms with Gasteiger partial charge in [-0.2, -0.15) is 0 Å². The quantitative estimate of drug-likeness (QED) is 0.473. The van der Waals surface area contributed by atoms with Gasteiger partial charge in [-0.15, -0.1) is 10.2 Å². The molecule has 0 bridgehead atoms. The fraction of sp³-hybridized carbons (Fsp3) is 0.550. The van der Waals surface area contributed by atoms with Crippen molar-refractivity contribution in [3.05, 3.63) is 41.5 Å². The molecule has 28 heavy (non-hydrogen) atoms. The van der Waals surface area contributed by atoms with Gasteiger partial charge in [-0.05, 0) is 44.9 Å². The van der Waals surface area contributed by atoms with Crippen molar-refractivity contribution >= 4 is 5.96 Å². The molecule has 1 aromatic heterocycles. The molecule has 2 heterocycles. The summed E-state index contributed by atoms with van der Waals surface area (Å²) in [6.45, 7) is 8.50. The van der Waals surface area contributed by atoms with Crippen molar-refractivity contribution in [3.63, 3.8) is 0 Å². The second-order valence-electron chi connectivity index (χ2n) is 7.12. The maximum absolute atomic E-state index is 10.5. The summed E-state index contributed by atoms with van der Waals surface area (Å²) >= 11 is 0. The first-order valence-corrected chi connectivity index (χ1v) is 9.94. The van der Waals surface area contributed by atoms with Gasteiger partial charge < -0.3 is 25.0 Å². The number of aliphatic imine (C=N–C) groups is 1. The summed E-state index contributed by atoms with van der Waals surface area (Å²) in [6, 6.07) is 7.52. The highest BCUT2D eigenvalue weighted by Gasteiger charge is 2.17. The molecule has 0 radical (unpaired) electrons. The molecule has 0 aliphatic carbocycles. The van der Waals surface area contributed by atoms with Crippen molar-refractivity contribution < 1.29 is 9.84 Å². The van der Waals surface area contributed by atoms with Gasteiger partial charge in [-0.1, -0.05) is 12.1 Å². The van der Waals surface area contributed by atoms with E-state index in [2.05, 4.69) is 30.4 Å². The number of aliphatic hydroxyl groups is 1. The van der Waals surface area contributed by atoms with Crippen molar-refractivity contribution in [3.8, 4) is 5.75 Å². The number of hydrogen-bond donors (Lipinski definition) is 3. The van der Waals surface area contributed by atoms with Crippen molar-refractivity contribution in [2.75, 3.05) is 13.1 Å². The lowest BCUT2D eigenvalue weighted by Gasteiger charge is -2.16. The lowest BCUT2D eigenvalue weighted by atomic mass is 10.1. The summed E-state index contributed by atoms with van der Waals surface area (Å²) in [5.41, 5.74) is 0.828. The van der Waals surface area contributed by atoms with Crippen LogP contribution in [0.3, 0.4) is 0 Å². The molecule has 152 valence electrons. The van der Waals surface area contributed by atoms with E-state index in [1.807, 2.05) is 45.0 Å². The molecule has 0 spiro atoms. The minimum atomic E-state index is -0.644. The number of aliphatic hydroxyl groups excluding tert-OH is 1. The van der Waals surface area contributed by atoms with Gasteiger partial charge in [-0.3, -0.25) is 0 Å². The maximum atomic E-state index is 10.5. The molecule has 2 aromatic rings. The molecule has 1 aromatic carbocycles. The average molecular weight is 387 g/mol. The molecular weight excluding hydrogens is 356 g/mol. The van der Waals surface area contributed by atoms with E-state index in [0.717, 1.165) is 48.9 Å². The van der Waals surface area contributed by atoms with Crippen LogP contribution >= 0.6 is 0 Å². The first-order valence-electron chi connectivity index (χ1n) is 9.94. The largest absolute Gasteiger partial charge is 0.491 e. The SMILES string of the molecule is CCNC(=NCc1nnc2n1CCC2)NCC(O)c1ccc(OC(C)C)cc1. The molecule has 1 atom stereocenters. The second kappa shape index (κ2) is 9.54. The highest BCUT2D eigenvalue weighted by molar-refractivity contribution is 5.79. The van der Waals surface area contributed by atoms with E-state index < -0.39 is 6.10 Å². The monoisotopic (exact) mass is 386 g/mol. The second-order valence-corrected chi connectivity index (χ2v) is 7.12. The minimum absolute atomic E-state index is 0.128. The van der Waals surface area contributed by atoms with Gasteiger partial charge in [-0.25, -0.2) is 4.99 Å². The fourth-order valence-electron chi connectivity index (χ4n) is 3.17. The average Bonchev–Trinajstić information content (AvgIpc) is 3.28. The maximum Gasteiger partial charge on any atom is 0.191 e. The topological polar surface area (TPSA) is 96.6 Å². The van der Waals surface area contributed by atoms with Crippen LogP contribution < -0.4 is 15.4 Å². The van der Waals surface area contributed by atoms with Crippen LogP contribution in [0, 0.1) is 0 Å². The number of guanidine groups is 1. The van der Waals surface area contributed by atoms with Crippen LogP contribution in [0.5, 0.6) is 5.75 Å². The van der Waals surface area contributed by atoms with Crippen LogP contribution in [-0.2, 0) is 19.5 Å². The van der Waals surface area contributed by atoms with Crippen molar-refractivity contribution in [2.45, 2.75) is 58.9 Å². The summed E-state index contributed by atoms with van der Waals surface area (Å²) in [4.78, 5) is 4.59. The van der Waals surface area contributed by atoms with Gasteiger partial charge >= 0.3 is 0 Å². The van der Waals surface area contributed by atoms with Crippen LogP contribution in [0.25, 0.3) is 0 Å². The van der Waals surface area contributed by atoms with Gasteiger partial charge in [0.2, 0.25) is 0 Å². The van der Waals surface area contributed by atoms with Gasteiger partial charge in [0.25, 0.3) is 0 Å². The standard InChI is InChI=1S/C20H30N6O2/c1-4-21-20(23-13-19-25-24-18-6-5-11-26(18)19)22-12-17(27)15-7-9-16(10-8-15)28-14(2)3/h7-10,14,17,27H,4-6,11-13H2,1-3H3,(H2,21,22,23). The number of nitrogens with one attached hydrogen (secondary N) is 2. The molecule has 1 aliphatic rings. The van der Waals surface area contributed by atoms with Crippen molar-refractivity contribution in [1.82, 2.24) is 25.4 Å². The van der Waals surface area contributed by atoms with E-state index in [9.17, 15) is 5.11 Å². The summed E-state index contributed by atoms with van der Waals surface area (Å²) < 4.78 is 7.78. The van der Waals surface area contributed by atoms with Crippen LogP contribution in [-0.4, -0.2) is 45.0 Å². The molecule has 3 N–H and O–H groups in total. The Morgan fingerprint density at radius 1 is 1.25 bits per heavy atom. The number of ether oxygens (including phenoxy) is 1. The first kappa shape index (κ1) is 20.1. The third-order valence-electron chi connectivity index (χ3n) is 4.51. The third-order valence-corrected chi connectivity index (χ3v) is 4.51. The van der Waals surface area contributed by atoms with Crippen LogP contribution in [0.15, 0.2) is 29.3 Å². The predicted octanol–water partition coefficient (Wildman–Crippen LogP) is 1.80. The van der Waals surface area contributed by atoms with Crippen molar-refractivity contribution in [1.29, 1.82) is 0 Å². The summed E-state index contributed by atoms with van der Waals surface area (Å²) in [7, 11) is 0. The molecule has 8 heteroatoms. The molecule has 0 saturated carbocycles. The lowest BCUT2D eigenvalue weighted by Crippen LogP contribution is -2.39. The summed E-state index contributed by atoms with van der Waals surface area (Å²) in [5, 5.41) is 25.3. The number of hydrogen-bond acceptors (Lipinski definition) is 5. The Balaban J connectivity index is 1.56. The Morgan fingerprint density at radius 3 is 2.75 bits per heavy atom. The molecule has 1 aliphatic heterocycles. The minimum Gasteiger partial charge on any atom is -0.491 e. The number of rotatable bonds is 8. The first-order chi connectivity index (χ1) is 13.6. The zero-order chi connectivity index (χ0) is 19.9. The number of aryl methyl sites for hydroxylation is 1. The third kappa shape index (κ3) is 5.22. The van der Waals surface area contributed by atoms with E-state index in [-0.39, 0.29) is 6.10 Å². The number of aromatic nitrogens is 3. The van der Waals surface area contributed by atoms with E-state index in [1.165, 1.54) is 0 Å². The van der Waals surface area contributed by atoms with Gasteiger partial charge in [0.15, 0.2) is 11.8 Å². The number of benzene rings is 1. The Bertz CT molecular complexity index is 784. The van der Waals surface area contributed by atoms with Gasteiger partial charge in [0.05, 0.1) is 12.2 Å². The molecular formula is C20H30N6O2. The van der Waals surface area contributed by atoms with Crippen molar-refractivity contribution in [2.24, 2.45) is 4.99 Å². The Hall–Kier alpha value is -2.61. The number of fused-ring (bicyclic) bond motifs is 1. The van der Waals surface area contributed by atoms with E-state index >= 15 is 0 Å². The molecule has 3 rings (SSSR count). The molecule has 8 nitrogen and oxygen atoms in total. The smallest absolute Gasteiger partial charge is 0.191 e. The molecule has 0 saturated heterocycles. The Kier molecular flexibility index (Phi) is 6.86. The Labute approximate surface area is 166 Å². The molecule has 1 unspecified atom stereocenters. The van der Waals surface area contributed by atoms with E-state index in [1.54, 1.807) is 0 Å². The summed E-state index contributed by atoms with van der Waals surface area (Å²) in [6.07, 6.45) is 1.59. The normalized spacial score (nSPS) is 14.8. The fourth-order valence-corrected chi connectivity index (χ4v) is 3.17. The van der Waals surface area contributed by atoms with Crippen LogP contribution in [0.1, 0.15) is 50.5 Å². The van der Waals surface area contributed by atoms with Gasteiger partial charge in [0, 0.05) is 26.1 Å². The Morgan fingerprint density at radius 2 is 2.04 bits per heavy atom. The molecule has 0 amide bonds. The predicted molar refractivity (Wildman–Crippen MR) is 108 cm³/mol. The molecule has 0 fully saturated rings. The van der Waals surface area contributed by atoms with E-state index in [4.69, 9.17) is 4.74 Å². The zero-order valence-corrected chi connectivity index (χ0v) is 16.9. The summed E-state index contributed by atoms with van der Waals surface area (Å²) in [5.74, 6) is 3.38. The highest BCUT2D eigenvalue weighted by atomic mass is 16.5. The highest BCUT2D eigenvalue weighted by Crippen LogP contribution is 2.18. The zero-order valence-electron chi connectivity index (χ0n) is 16.9. The van der Waals surface area contributed by atoms with Crippen LogP contribution in [0.4, 0.5) is 0 Å². The lowest BCUT2D eigenvalue weighted by molar-refractivity contribution is 0.180. The number of nitrogens with zero attached hydrogens (tertiary/aromatic N) is 4. The van der Waals surface area contributed by atoms with E-state index in [0.29, 0.717) is 19.0 Å².